The summed E-state index contributed by atoms with van der Waals surface area (Å²) in [5.74, 6) is 0.106. The lowest BCUT2D eigenvalue weighted by Gasteiger charge is -2.25. The number of hydrogen-bond donors (Lipinski definition) is 3. The van der Waals surface area contributed by atoms with Crippen molar-refractivity contribution in [3.05, 3.63) is 59.7 Å². The minimum atomic E-state index is -3.86. The molecule has 1 aliphatic heterocycles. The van der Waals surface area contributed by atoms with Crippen LogP contribution in [0.5, 0.6) is 5.75 Å². The highest BCUT2D eigenvalue weighted by atomic mass is 32.2. The maximum Gasteiger partial charge on any atom is 0.344 e. The molecule has 1 heterocycles. The Balaban J connectivity index is 1.51. The molecule has 0 bridgehead atoms. The van der Waals surface area contributed by atoms with Crippen LogP contribution in [-0.2, 0) is 21.4 Å². The van der Waals surface area contributed by atoms with Gasteiger partial charge in [0.25, 0.3) is 0 Å². The molecule has 9 heteroatoms. The second-order valence-corrected chi connectivity index (χ2v) is 9.44. The molecule has 0 radical (unpaired) electrons. The summed E-state index contributed by atoms with van der Waals surface area (Å²) in [6, 6.07) is 15.1. The molecular formula is C22H28N4O4S. The number of nitrogens with zero attached hydrogens (tertiary/aromatic N) is 1. The number of carbonyl (C=O) groups is 1. The SMILES string of the molecule is CC(C)(COc1cccc2c1C(N)=NS(=O)(=O)N2)C(=O)NCCCCc1ccccc1. The molecule has 2 aromatic carbocycles. The Morgan fingerprint density at radius 2 is 1.87 bits per heavy atom. The Kier molecular flexibility index (Phi) is 6.84. The fourth-order valence-electron chi connectivity index (χ4n) is 3.20. The second-order valence-electron chi connectivity index (χ2n) is 8.10. The monoisotopic (exact) mass is 444 g/mol. The van der Waals surface area contributed by atoms with Gasteiger partial charge in [-0.15, -0.1) is 4.40 Å². The molecule has 2 aromatic rings. The van der Waals surface area contributed by atoms with Crippen molar-refractivity contribution in [2.24, 2.45) is 15.5 Å². The molecule has 8 nitrogen and oxygen atoms in total. The summed E-state index contributed by atoms with van der Waals surface area (Å²) in [7, 11) is -3.86. The molecule has 0 unspecified atom stereocenters. The van der Waals surface area contributed by atoms with Crippen LogP contribution in [-0.4, -0.2) is 33.3 Å². The first-order chi connectivity index (χ1) is 14.7. The lowest BCUT2D eigenvalue weighted by Crippen LogP contribution is -2.41. The van der Waals surface area contributed by atoms with E-state index in [0.29, 0.717) is 23.5 Å². The van der Waals surface area contributed by atoms with Gasteiger partial charge in [0.05, 0.1) is 16.7 Å². The highest BCUT2D eigenvalue weighted by Gasteiger charge is 2.30. The van der Waals surface area contributed by atoms with Crippen LogP contribution in [0, 0.1) is 5.41 Å². The Morgan fingerprint density at radius 1 is 1.13 bits per heavy atom. The van der Waals surface area contributed by atoms with Crippen LogP contribution in [0.2, 0.25) is 0 Å². The Hall–Kier alpha value is -3.07. The summed E-state index contributed by atoms with van der Waals surface area (Å²) >= 11 is 0. The van der Waals surface area contributed by atoms with E-state index in [0.717, 1.165) is 19.3 Å². The molecule has 0 aromatic heterocycles. The van der Waals surface area contributed by atoms with E-state index in [1.807, 2.05) is 18.2 Å². The van der Waals surface area contributed by atoms with Crippen molar-refractivity contribution < 1.29 is 17.9 Å². The fourth-order valence-corrected chi connectivity index (χ4v) is 4.05. The molecule has 166 valence electrons. The first kappa shape index (κ1) is 22.6. The van der Waals surface area contributed by atoms with Crippen molar-refractivity contribution in [3.8, 4) is 5.75 Å². The molecule has 0 fully saturated rings. The number of hydrogen-bond acceptors (Lipinski definition) is 5. The van der Waals surface area contributed by atoms with Crippen molar-refractivity contribution >= 4 is 27.6 Å². The van der Waals surface area contributed by atoms with Gasteiger partial charge in [-0.1, -0.05) is 36.4 Å². The van der Waals surface area contributed by atoms with Crippen molar-refractivity contribution in [1.29, 1.82) is 0 Å². The Bertz CT molecular complexity index is 1070. The van der Waals surface area contributed by atoms with E-state index in [4.69, 9.17) is 10.5 Å². The van der Waals surface area contributed by atoms with Crippen LogP contribution in [0.3, 0.4) is 0 Å². The third-order valence-corrected chi connectivity index (χ3v) is 5.88. The Labute approximate surface area is 183 Å². The molecule has 0 aliphatic carbocycles. The number of fused-ring (bicyclic) bond motifs is 1. The van der Waals surface area contributed by atoms with Gasteiger partial charge in [-0.3, -0.25) is 9.52 Å². The second kappa shape index (κ2) is 9.38. The van der Waals surface area contributed by atoms with Crippen molar-refractivity contribution in [3.63, 3.8) is 0 Å². The van der Waals surface area contributed by atoms with Crippen molar-refractivity contribution in [2.45, 2.75) is 33.1 Å². The number of amidine groups is 1. The standard InChI is InChI=1S/C22H28N4O4S/c1-22(2,21(27)24-14-7-6-11-16-9-4-3-5-10-16)15-30-18-13-8-12-17-19(18)20(23)26-31(28,29)25-17/h3-5,8-10,12-13,25H,6-7,11,14-15H2,1-2H3,(H2,23,26)(H,24,27). The van der Waals surface area contributed by atoms with Gasteiger partial charge in [-0.2, -0.15) is 8.42 Å². The number of nitrogens with two attached hydrogens (primary N) is 1. The molecule has 1 amide bonds. The maximum atomic E-state index is 12.6. The predicted molar refractivity (Wildman–Crippen MR) is 121 cm³/mol. The third-order valence-electron chi connectivity index (χ3n) is 4.96. The summed E-state index contributed by atoms with van der Waals surface area (Å²) in [6.07, 6.45) is 2.86. The number of aryl methyl sites for hydroxylation is 1. The van der Waals surface area contributed by atoms with Crippen LogP contribution in [0.25, 0.3) is 0 Å². The minimum absolute atomic E-state index is 0.0966. The van der Waals surface area contributed by atoms with E-state index in [-0.39, 0.29) is 18.3 Å². The number of ether oxygens (including phenoxy) is 1. The molecule has 0 saturated heterocycles. The van der Waals surface area contributed by atoms with Crippen LogP contribution in [0.4, 0.5) is 5.69 Å². The predicted octanol–water partition coefficient (Wildman–Crippen LogP) is 2.61. The number of carbonyl (C=O) groups excluding carboxylic acids is 1. The first-order valence-electron chi connectivity index (χ1n) is 10.1. The first-order valence-corrected chi connectivity index (χ1v) is 11.6. The van der Waals surface area contributed by atoms with E-state index in [9.17, 15) is 13.2 Å². The average Bonchev–Trinajstić information content (AvgIpc) is 2.71. The van der Waals surface area contributed by atoms with Crippen molar-refractivity contribution in [2.75, 3.05) is 17.9 Å². The molecule has 0 atom stereocenters. The van der Waals surface area contributed by atoms with Crippen LogP contribution >= 0.6 is 0 Å². The average molecular weight is 445 g/mol. The van der Waals surface area contributed by atoms with Crippen LogP contribution < -0.4 is 20.5 Å². The molecule has 31 heavy (non-hydrogen) atoms. The zero-order valence-electron chi connectivity index (χ0n) is 17.7. The summed E-state index contributed by atoms with van der Waals surface area (Å²) in [6.45, 7) is 4.28. The van der Waals surface area contributed by atoms with Crippen molar-refractivity contribution in [1.82, 2.24) is 5.32 Å². The third kappa shape index (κ3) is 5.97. The summed E-state index contributed by atoms with van der Waals surface area (Å²) in [4.78, 5) is 12.6. The van der Waals surface area contributed by atoms with Gasteiger partial charge in [0.15, 0.2) is 5.84 Å². The number of benzene rings is 2. The molecule has 4 N–H and O–H groups in total. The van der Waals surface area contributed by atoms with Gasteiger partial charge in [-0.05, 0) is 50.8 Å². The summed E-state index contributed by atoms with van der Waals surface area (Å²) in [5.41, 5.74) is 7.00. The molecule has 3 rings (SSSR count). The number of nitrogens with one attached hydrogen (secondary N) is 2. The maximum absolute atomic E-state index is 12.6. The number of amides is 1. The van der Waals surface area contributed by atoms with Gasteiger partial charge in [0, 0.05) is 6.54 Å². The van der Waals surface area contributed by atoms with Gasteiger partial charge in [0.1, 0.15) is 12.4 Å². The van der Waals surface area contributed by atoms with Gasteiger partial charge >= 0.3 is 10.2 Å². The van der Waals surface area contributed by atoms with E-state index in [1.54, 1.807) is 32.0 Å². The fraction of sp³-hybridized carbons (Fsp3) is 0.364. The normalized spacial score (nSPS) is 14.7. The number of anilines is 1. The number of unbranched alkanes of at least 4 members (excludes halogenated alkanes) is 1. The van der Waals surface area contributed by atoms with E-state index in [1.165, 1.54) is 5.56 Å². The van der Waals surface area contributed by atoms with Crippen LogP contribution in [0.15, 0.2) is 52.9 Å². The lowest BCUT2D eigenvalue weighted by atomic mass is 9.93. The van der Waals surface area contributed by atoms with Crippen LogP contribution in [0.1, 0.15) is 37.8 Å². The highest BCUT2D eigenvalue weighted by Crippen LogP contribution is 2.31. The zero-order chi connectivity index (χ0) is 22.5. The zero-order valence-corrected chi connectivity index (χ0v) is 18.5. The largest absolute Gasteiger partial charge is 0.492 e. The van der Waals surface area contributed by atoms with Gasteiger partial charge in [0.2, 0.25) is 5.91 Å². The highest BCUT2D eigenvalue weighted by molar-refractivity contribution is 7.91. The Morgan fingerprint density at radius 3 is 2.61 bits per heavy atom. The lowest BCUT2D eigenvalue weighted by molar-refractivity contribution is -0.130. The summed E-state index contributed by atoms with van der Waals surface area (Å²) < 4.78 is 35.0. The topological polar surface area (TPSA) is 123 Å². The molecule has 0 spiro atoms. The minimum Gasteiger partial charge on any atom is -0.492 e. The molecule has 1 aliphatic rings. The summed E-state index contributed by atoms with van der Waals surface area (Å²) in [5, 5.41) is 2.97. The smallest absolute Gasteiger partial charge is 0.344 e. The van der Waals surface area contributed by atoms with E-state index in [2.05, 4.69) is 26.6 Å². The van der Waals surface area contributed by atoms with E-state index < -0.39 is 15.6 Å². The van der Waals surface area contributed by atoms with E-state index >= 15 is 0 Å². The quantitative estimate of drug-likeness (QED) is 0.513. The number of rotatable bonds is 9. The molecular weight excluding hydrogens is 416 g/mol. The van der Waals surface area contributed by atoms with Gasteiger partial charge in [-0.25, -0.2) is 0 Å². The molecule has 0 saturated carbocycles. The van der Waals surface area contributed by atoms with Gasteiger partial charge < -0.3 is 15.8 Å².